The van der Waals surface area contributed by atoms with E-state index in [0.29, 0.717) is 29.3 Å². The third kappa shape index (κ3) is 5.52. The number of hydrogen-bond donors (Lipinski definition) is 2. The van der Waals surface area contributed by atoms with Crippen LogP contribution in [-0.4, -0.2) is 33.2 Å². The van der Waals surface area contributed by atoms with Gasteiger partial charge in [-0.3, -0.25) is 4.79 Å². The predicted molar refractivity (Wildman–Crippen MR) is 95.9 cm³/mol. The summed E-state index contributed by atoms with van der Waals surface area (Å²) < 4.78 is 10.5. The fourth-order valence-corrected chi connectivity index (χ4v) is 2.34. The van der Waals surface area contributed by atoms with Crippen molar-refractivity contribution in [2.24, 2.45) is 0 Å². The standard InChI is InChI=1S/C19H21N3O3/c1-24-17-7-6-14(11-18(17)25-2)8-9-21-13-19(23)22-16-5-3-4-15(10-16)12-20/h3-7,10-11,21H,8-9,13H2,1-2H3,(H,22,23). The maximum Gasteiger partial charge on any atom is 0.238 e. The molecule has 25 heavy (non-hydrogen) atoms. The van der Waals surface area contributed by atoms with Gasteiger partial charge in [0.2, 0.25) is 5.91 Å². The van der Waals surface area contributed by atoms with Gasteiger partial charge in [0.05, 0.1) is 32.4 Å². The molecule has 2 rings (SSSR count). The highest BCUT2D eigenvalue weighted by molar-refractivity contribution is 5.92. The van der Waals surface area contributed by atoms with Crippen LogP contribution in [0, 0.1) is 11.3 Å². The Morgan fingerprint density at radius 2 is 1.92 bits per heavy atom. The van der Waals surface area contributed by atoms with E-state index in [9.17, 15) is 4.79 Å². The summed E-state index contributed by atoms with van der Waals surface area (Å²) >= 11 is 0. The van der Waals surface area contributed by atoms with Gasteiger partial charge in [-0.15, -0.1) is 0 Å². The second-order valence-electron chi connectivity index (χ2n) is 5.36. The highest BCUT2D eigenvalue weighted by Crippen LogP contribution is 2.27. The molecule has 6 heteroatoms. The Morgan fingerprint density at radius 3 is 2.64 bits per heavy atom. The number of methoxy groups -OCH3 is 2. The summed E-state index contributed by atoms with van der Waals surface area (Å²) in [5.74, 6) is 1.23. The molecule has 0 atom stereocenters. The van der Waals surface area contributed by atoms with Crippen molar-refractivity contribution in [2.75, 3.05) is 32.6 Å². The van der Waals surface area contributed by atoms with E-state index in [-0.39, 0.29) is 12.5 Å². The van der Waals surface area contributed by atoms with Crippen LogP contribution in [0.4, 0.5) is 5.69 Å². The smallest absolute Gasteiger partial charge is 0.238 e. The summed E-state index contributed by atoms with van der Waals surface area (Å²) in [4.78, 5) is 11.9. The van der Waals surface area contributed by atoms with Crippen molar-refractivity contribution in [3.63, 3.8) is 0 Å². The molecular formula is C19H21N3O3. The minimum absolute atomic E-state index is 0.151. The zero-order chi connectivity index (χ0) is 18.1. The molecule has 2 N–H and O–H groups in total. The topological polar surface area (TPSA) is 83.4 Å². The third-order valence-electron chi connectivity index (χ3n) is 3.60. The van der Waals surface area contributed by atoms with E-state index in [1.165, 1.54) is 0 Å². The van der Waals surface area contributed by atoms with Crippen LogP contribution in [-0.2, 0) is 11.2 Å². The molecule has 0 saturated carbocycles. The summed E-state index contributed by atoms with van der Waals surface area (Å²) in [5.41, 5.74) is 2.22. The first-order valence-corrected chi connectivity index (χ1v) is 7.88. The van der Waals surface area contributed by atoms with E-state index in [1.807, 2.05) is 24.3 Å². The Kier molecular flexibility index (Phi) is 6.81. The fourth-order valence-electron chi connectivity index (χ4n) is 2.34. The number of hydrogen-bond acceptors (Lipinski definition) is 5. The summed E-state index contributed by atoms with van der Waals surface area (Å²) in [6, 6.07) is 14.6. The number of benzene rings is 2. The number of nitriles is 1. The van der Waals surface area contributed by atoms with Gasteiger partial charge in [-0.05, 0) is 48.9 Å². The van der Waals surface area contributed by atoms with Crippen LogP contribution >= 0.6 is 0 Å². The second-order valence-corrected chi connectivity index (χ2v) is 5.36. The first kappa shape index (κ1) is 18.3. The molecule has 0 saturated heterocycles. The zero-order valence-electron chi connectivity index (χ0n) is 14.3. The fraction of sp³-hybridized carbons (Fsp3) is 0.263. The molecular weight excluding hydrogens is 318 g/mol. The molecule has 0 aliphatic rings. The molecule has 0 aliphatic heterocycles. The summed E-state index contributed by atoms with van der Waals surface area (Å²) in [6.45, 7) is 0.852. The van der Waals surface area contributed by atoms with Crippen LogP contribution in [0.2, 0.25) is 0 Å². The van der Waals surface area contributed by atoms with Gasteiger partial charge in [0.1, 0.15) is 0 Å². The average Bonchev–Trinajstić information content (AvgIpc) is 2.65. The monoisotopic (exact) mass is 339 g/mol. The lowest BCUT2D eigenvalue weighted by Gasteiger charge is -2.10. The molecule has 2 aromatic carbocycles. The van der Waals surface area contributed by atoms with E-state index in [0.717, 1.165) is 12.0 Å². The van der Waals surface area contributed by atoms with E-state index in [2.05, 4.69) is 10.6 Å². The second kappa shape index (κ2) is 9.30. The minimum atomic E-state index is -0.151. The molecule has 0 aliphatic carbocycles. The number of rotatable bonds is 8. The number of ether oxygens (including phenoxy) is 2. The number of carbonyl (C=O) groups excluding carboxylic acids is 1. The highest BCUT2D eigenvalue weighted by atomic mass is 16.5. The van der Waals surface area contributed by atoms with Crippen molar-refractivity contribution >= 4 is 11.6 Å². The summed E-state index contributed by atoms with van der Waals surface area (Å²) in [5, 5.41) is 14.7. The van der Waals surface area contributed by atoms with E-state index < -0.39 is 0 Å². The lowest BCUT2D eigenvalue weighted by atomic mass is 10.1. The van der Waals surface area contributed by atoms with E-state index in [4.69, 9.17) is 14.7 Å². The van der Waals surface area contributed by atoms with Crippen molar-refractivity contribution in [1.82, 2.24) is 5.32 Å². The van der Waals surface area contributed by atoms with Crippen molar-refractivity contribution in [3.8, 4) is 17.6 Å². The van der Waals surface area contributed by atoms with Gasteiger partial charge in [0.25, 0.3) is 0 Å². The number of anilines is 1. The predicted octanol–water partition coefficient (Wildman–Crippen LogP) is 2.35. The molecule has 0 radical (unpaired) electrons. The Labute approximate surface area is 147 Å². The molecule has 2 aromatic rings. The van der Waals surface area contributed by atoms with Gasteiger partial charge >= 0.3 is 0 Å². The maximum absolute atomic E-state index is 11.9. The minimum Gasteiger partial charge on any atom is -0.493 e. The Morgan fingerprint density at radius 1 is 1.12 bits per heavy atom. The van der Waals surface area contributed by atoms with Crippen molar-refractivity contribution in [2.45, 2.75) is 6.42 Å². The van der Waals surface area contributed by atoms with Gasteiger partial charge in [0, 0.05) is 5.69 Å². The molecule has 0 unspecified atom stereocenters. The number of carbonyl (C=O) groups is 1. The Balaban J connectivity index is 1.77. The number of nitrogens with one attached hydrogen (secondary N) is 2. The SMILES string of the molecule is COc1ccc(CCNCC(=O)Nc2cccc(C#N)c2)cc1OC. The molecule has 0 bridgehead atoms. The molecule has 0 aromatic heterocycles. The largest absolute Gasteiger partial charge is 0.493 e. The van der Waals surface area contributed by atoms with Gasteiger partial charge in [0.15, 0.2) is 11.5 Å². The third-order valence-corrected chi connectivity index (χ3v) is 3.60. The number of nitrogens with zero attached hydrogens (tertiary/aromatic N) is 1. The van der Waals surface area contributed by atoms with E-state index in [1.54, 1.807) is 38.5 Å². The quantitative estimate of drug-likeness (QED) is 0.721. The van der Waals surface area contributed by atoms with Gasteiger partial charge in [-0.1, -0.05) is 12.1 Å². The maximum atomic E-state index is 11.9. The number of amides is 1. The van der Waals surface area contributed by atoms with Crippen LogP contribution in [0.5, 0.6) is 11.5 Å². The molecule has 1 amide bonds. The van der Waals surface area contributed by atoms with Crippen molar-refractivity contribution in [1.29, 1.82) is 5.26 Å². The lowest BCUT2D eigenvalue weighted by molar-refractivity contribution is -0.115. The van der Waals surface area contributed by atoms with Crippen LogP contribution in [0.3, 0.4) is 0 Å². The first-order chi connectivity index (χ1) is 12.2. The molecule has 6 nitrogen and oxygen atoms in total. The zero-order valence-corrected chi connectivity index (χ0v) is 14.3. The molecule has 0 spiro atoms. The first-order valence-electron chi connectivity index (χ1n) is 7.88. The van der Waals surface area contributed by atoms with Gasteiger partial charge in [-0.25, -0.2) is 0 Å². The molecule has 130 valence electrons. The molecule has 0 fully saturated rings. The molecule has 0 heterocycles. The highest BCUT2D eigenvalue weighted by Gasteiger charge is 2.05. The van der Waals surface area contributed by atoms with Crippen LogP contribution < -0.4 is 20.1 Å². The normalized spacial score (nSPS) is 9.96. The van der Waals surface area contributed by atoms with Crippen LogP contribution in [0.15, 0.2) is 42.5 Å². The van der Waals surface area contributed by atoms with Gasteiger partial charge < -0.3 is 20.1 Å². The average molecular weight is 339 g/mol. The summed E-state index contributed by atoms with van der Waals surface area (Å²) in [6.07, 6.45) is 0.761. The summed E-state index contributed by atoms with van der Waals surface area (Å²) in [7, 11) is 3.20. The van der Waals surface area contributed by atoms with Crippen LogP contribution in [0.1, 0.15) is 11.1 Å². The van der Waals surface area contributed by atoms with Crippen molar-refractivity contribution in [3.05, 3.63) is 53.6 Å². The van der Waals surface area contributed by atoms with E-state index >= 15 is 0 Å². The Hall–Kier alpha value is -3.04. The van der Waals surface area contributed by atoms with Crippen molar-refractivity contribution < 1.29 is 14.3 Å². The Bertz CT molecular complexity index is 769. The van der Waals surface area contributed by atoms with Gasteiger partial charge in [-0.2, -0.15) is 5.26 Å². The van der Waals surface area contributed by atoms with Crippen LogP contribution in [0.25, 0.3) is 0 Å². The lowest BCUT2D eigenvalue weighted by Crippen LogP contribution is -2.29.